The van der Waals surface area contributed by atoms with Gasteiger partial charge >= 0.3 is 0 Å². The topological polar surface area (TPSA) is 71.1 Å². The van der Waals surface area contributed by atoms with E-state index in [0.717, 1.165) is 31.0 Å². The average Bonchev–Trinajstić information content (AvgIpc) is 2.99. The first-order valence-electron chi connectivity index (χ1n) is 9.94. The second kappa shape index (κ2) is 8.82. The van der Waals surface area contributed by atoms with Crippen molar-refractivity contribution in [2.75, 3.05) is 46.9 Å². The molecule has 1 N–H and O–H groups in total. The number of methoxy groups -OCH3 is 1. The Morgan fingerprint density at radius 2 is 1.93 bits per heavy atom. The van der Waals surface area contributed by atoms with Gasteiger partial charge in [-0.25, -0.2) is 0 Å². The molecule has 0 bridgehead atoms. The van der Waals surface area contributed by atoms with Gasteiger partial charge in [0.2, 0.25) is 11.8 Å². The molecule has 2 atom stereocenters. The number of rotatable bonds is 7. The quantitative estimate of drug-likeness (QED) is 0.716. The highest BCUT2D eigenvalue weighted by atomic mass is 16.5. The molecule has 7 heteroatoms. The van der Waals surface area contributed by atoms with Gasteiger partial charge in [0.25, 0.3) is 0 Å². The molecule has 2 saturated heterocycles. The maximum absolute atomic E-state index is 12.6. The minimum absolute atomic E-state index is 0.00996. The Balaban J connectivity index is 1.44. The third kappa shape index (κ3) is 4.76. The van der Waals surface area contributed by atoms with Crippen LogP contribution in [0.3, 0.4) is 0 Å². The number of piperidine rings is 1. The third-order valence-electron chi connectivity index (χ3n) is 5.78. The Labute approximate surface area is 167 Å². The molecule has 2 aliphatic heterocycles. The van der Waals surface area contributed by atoms with Crippen LogP contribution in [0.4, 0.5) is 0 Å². The van der Waals surface area contributed by atoms with Crippen molar-refractivity contribution in [1.29, 1.82) is 0 Å². The molecule has 3 rings (SSSR count). The van der Waals surface area contributed by atoms with Crippen molar-refractivity contribution in [2.24, 2.45) is 5.92 Å². The van der Waals surface area contributed by atoms with Crippen LogP contribution in [0.1, 0.15) is 26.2 Å². The van der Waals surface area contributed by atoms with E-state index < -0.39 is 0 Å². The van der Waals surface area contributed by atoms with Gasteiger partial charge in [0.05, 0.1) is 19.3 Å². The second-order valence-corrected chi connectivity index (χ2v) is 7.95. The van der Waals surface area contributed by atoms with Crippen LogP contribution in [0.5, 0.6) is 11.5 Å². The Morgan fingerprint density at radius 1 is 1.21 bits per heavy atom. The SMILES string of the molecule is COc1ccc(OCCCC(=O)N2CC[C@@]3(NC(C)=O)CN(C)C[C@H]3C2)cc1. The summed E-state index contributed by atoms with van der Waals surface area (Å²) in [6.45, 7) is 5.25. The van der Waals surface area contributed by atoms with E-state index in [1.54, 1.807) is 14.0 Å². The molecule has 0 spiro atoms. The lowest BCUT2D eigenvalue weighted by Crippen LogP contribution is -2.61. The maximum Gasteiger partial charge on any atom is 0.222 e. The molecule has 154 valence electrons. The molecular formula is C21H31N3O4. The standard InChI is InChI=1S/C21H31N3O4/c1-16(25)22-21-10-11-24(14-17(21)13-23(2)15-21)20(26)5-4-12-28-19-8-6-18(27-3)7-9-19/h6-9,17H,4-5,10-15H2,1-3H3,(H,22,25)/t17-,21+/m0/s1. The molecule has 1 aromatic carbocycles. The van der Waals surface area contributed by atoms with Gasteiger partial charge < -0.3 is 24.6 Å². The van der Waals surface area contributed by atoms with Crippen LogP contribution in [0.2, 0.25) is 0 Å². The molecule has 2 aliphatic rings. The van der Waals surface area contributed by atoms with Crippen molar-refractivity contribution in [3.05, 3.63) is 24.3 Å². The van der Waals surface area contributed by atoms with Crippen molar-refractivity contribution in [2.45, 2.75) is 31.7 Å². The third-order valence-corrected chi connectivity index (χ3v) is 5.78. The zero-order chi connectivity index (χ0) is 20.1. The van der Waals surface area contributed by atoms with E-state index in [1.165, 1.54) is 0 Å². The van der Waals surface area contributed by atoms with Crippen LogP contribution in [0.25, 0.3) is 0 Å². The first kappa shape index (κ1) is 20.5. The predicted octanol–water partition coefficient (Wildman–Crippen LogP) is 1.52. The largest absolute Gasteiger partial charge is 0.497 e. The van der Waals surface area contributed by atoms with Crippen LogP contribution in [-0.4, -0.2) is 74.1 Å². The fourth-order valence-electron chi connectivity index (χ4n) is 4.46. The smallest absolute Gasteiger partial charge is 0.222 e. The van der Waals surface area contributed by atoms with Crippen LogP contribution >= 0.6 is 0 Å². The van der Waals surface area contributed by atoms with E-state index in [0.29, 0.717) is 32.5 Å². The maximum atomic E-state index is 12.6. The highest BCUT2D eigenvalue weighted by Gasteiger charge is 2.49. The fourth-order valence-corrected chi connectivity index (χ4v) is 4.46. The molecule has 0 unspecified atom stereocenters. The van der Waals surface area contributed by atoms with Crippen molar-refractivity contribution in [1.82, 2.24) is 15.1 Å². The van der Waals surface area contributed by atoms with Gasteiger partial charge in [-0.3, -0.25) is 9.59 Å². The molecule has 2 amide bonds. The number of fused-ring (bicyclic) bond motifs is 1. The van der Waals surface area contributed by atoms with Gasteiger partial charge in [0.1, 0.15) is 11.5 Å². The number of nitrogens with zero attached hydrogens (tertiary/aromatic N) is 2. The molecule has 7 nitrogen and oxygen atoms in total. The first-order valence-corrected chi connectivity index (χ1v) is 9.94. The van der Waals surface area contributed by atoms with E-state index in [-0.39, 0.29) is 23.3 Å². The molecule has 0 aromatic heterocycles. The zero-order valence-electron chi connectivity index (χ0n) is 17.1. The molecule has 1 aromatic rings. The summed E-state index contributed by atoms with van der Waals surface area (Å²) in [5, 5.41) is 3.18. The molecule has 2 fully saturated rings. The Morgan fingerprint density at radius 3 is 2.61 bits per heavy atom. The van der Waals surface area contributed by atoms with Crippen LogP contribution in [0, 0.1) is 5.92 Å². The van der Waals surface area contributed by atoms with E-state index in [4.69, 9.17) is 9.47 Å². The minimum atomic E-state index is -0.186. The summed E-state index contributed by atoms with van der Waals surface area (Å²) < 4.78 is 10.8. The van der Waals surface area contributed by atoms with Gasteiger partial charge in [-0.15, -0.1) is 0 Å². The van der Waals surface area contributed by atoms with E-state index >= 15 is 0 Å². The summed E-state index contributed by atoms with van der Waals surface area (Å²) in [5.74, 6) is 2.04. The lowest BCUT2D eigenvalue weighted by molar-refractivity contribution is -0.134. The fraction of sp³-hybridized carbons (Fsp3) is 0.619. The van der Waals surface area contributed by atoms with Gasteiger partial charge in [0.15, 0.2) is 0 Å². The number of likely N-dealkylation sites (tertiary alicyclic amines) is 2. The number of carbonyl (C=O) groups is 2. The molecule has 0 saturated carbocycles. The van der Waals surface area contributed by atoms with Crippen LogP contribution < -0.4 is 14.8 Å². The zero-order valence-corrected chi connectivity index (χ0v) is 17.1. The molecule has 2 heterocycles. The van der Waals surface area contributed by atoms with Gasteiger partial charge in [0, 0.05) is 45.4 Å². The molecule has 28 heavy (non-hydrogen) atoms. The Hall–Kier alpha value is -2.28. The predicted molar refractivity (Wildman–Crippen MR) is 106 cm³/mol. The van der Waals surface area contributed by atoms with E-state index in [2.05, 4.69) is 17.3 Å². The number of hydrogen-bond donors (Lipinski definition) is 1. The Bertz CT molecular complexity index is 693. The van der Waals surface area contributed by atoms with Crippen molar-refractivity contribution in [3.63, 3.8) is 0 Å². The minimum Gasteiger partial charge on any atom is -0.497 e. The number of carbonyl (C=O) groups excluding carboxylic acids is 2. The van der Waals surface area contributed by atoms with E-state index in [1.807, 2.05) is 29.2 Å². The van der Waals surface area contributed by atoms with E-state index in [9.17, 15) is 9.59 Å². The highest BCUT2D eigenvalue weighted by Crippen LogP contribution is 2.35. The average molecular weight is 389 g/mol. The lowest BCUT2D eigenvalue weighted by Gasteiger charge is -2.44. The number of benzene rings is 1. The highest BCUT2D eigenvalue weighted by molar-refractivity contribution is 5.77. The van der Waals surface area contributed by atoms with Crippen molar-refractivity contribution in [3.8, 4) is 11.5 Å². The summed E-state index contributed by atoms with van der Waals surface area (Å²) >= 11 is 0. The number of nitrogens with one attached hydrogen (secondary N) is 1. The van der Waals surface area contributed by atoms with Crippen molar-refractivity contribution >= 4 is 11.8 Å². The number of ether oxygens (including phenoxy) is 2. The van der Waals surface area contributed by atoms with Crippen LogP contribution in [0.15, 0.2) is 24.3 Å². The summed E-state index contributed by atoms with van der Waals surface area (Å²) in [4.78, 5) is 28.5. The van der Waals surface area contributed by atoms with Crippen LogP contribution in [-0.2, 0) is 9.59 Å². The first-order chi connectivity index (χ1) is 13.4. The summed E-state index contributed by atoms with van der Waals surface area (Å²) in [6.07, 6.45) is 1.98. The second-order valence-electron chi connectivity index (χ2n) is 7.95. The summed E-state index contributed by atoms with van der Waals surface area (Å²) in [5.41, 5.74) is -0.186. The number of amides is 2. The number of hydrogen-bond acceptors (Lipinski definition) is 5. The molecule has 0 radical (unpaired) electrons. The lowest BCUT2D eigenvalue weighted by atomic mass is 9.80. The van der Waals surface area contributed by atoms with Gasteiger partial charge in [-0.1, -0.05) is 0 Å². The summed E-state index contributed by atoms with van der Waals surface area (Å²) in [7, 11) is 3.70. The number of likely N-dealkylation sites (N-methyl/N-ethyl adjacent to an activating group) is 1. The molecular weight excluding hydrogens is 358 g/mol. The van der Waals surface area contributed by atoms with Gasteiger partial charge in [-0.05, 0) is 44.2 Å². The summed E-state index contributed by atoms with van der Waals surface area (Å²) in [6, 6.07) is 7.44. The normalized spacial score (nSPS) is 24.5. The molecule has 0 aliphatic carbocycles. The van der Waals surface area contributed by atoms with Crippen molar-refractivity contribution < 1.29 is 19.1 Å². The monoisotopic (exact) mass is 389 g/mol. The van der Waals surface area contributed by atoms with Gasteiger partial charge in [-0.2, -0.15) is 0 Å². The Kier molecular flexibility index (Phi) is 6.44.